The quantitative estimate of drug-likeness (QED) is 0.887. The normalized spacial score (nSPS) is 19.2. The number of rotatable bonds is 5. The van der Waals surface area contributed by atoms with E-state index in [9.17, 15) is 8.42 Å². The van der Waals surface area contributed by atoms with Gasteiger partial charge in [0.25, 0.3) is 0 Å². The first kappa shape index (κ1) is 14.3. The Morgan fingerprint density at radius 1 is 1.21 bits per heavy atom. The summed E-state index contributed by atoms with van der Waals surface area (Å²) in [7, 11) is -1.09. The Labute approximate surface area is 115 Å². The van der Waals surface area contributed by atoms with E-state index in [4.69, 9.17) is 4.74 Å². The molecule has 4 nitrogen and oxygen atoms in total. The van der Waals surface area contributed by atoms with Gasteiger partial charge in [0, 0.05) is 6.04 Å². The van der Waals surface area contributed by atoms with Gasteiger partial charge in [-0.1, -0.05) is 12.1 Å². The van der Waals surface area contributed by atoms with Gasteiger partial charge in [-0.3, -0.25) is 0 Å². The first-order valence-corrected chi connectivity index (χ1v) is 8.48. The molecule has 106 valence electrons. The van der Waals surface area contributed by atoms with Crippen LogP contribution in [-0.4, -0.2) is 39.6 Å². The topological polar surface area (TPSA) is 55.4 Å². The highest BCUT2D eigenvalue weighted by Crippen LogP contribution is 2.13. The first-order chi connectivity index (χ1) is 9.09. The smallest absolute Gasteiger partial charge is 0.150 e. The molecule has 1 fully saturated rings. The third kappa shape index (κ3) is 4.51. The maximum absolute atomic E-state index is 11.3. The van der Waals surface area contributed by atoms with Crippen molar-refractivity contribution in [1.82, 2.24) is 5.32 Å². The van der Waals surface area contributed by atoms with Crippen LogP contribution in [0.1, 0.15) is 18.4 Å². The van der Waals surface area contributed by atoms with E-state index in [2.05, 4.69) is 17.4 Å². The molecule has 0 spiro atoms. The number of sulfone groups is 1. The van der Waals surface area contributed by atoms with E-state index >= 15 is 0 Å². The van der Waals surface area contributed by atoms with Gasteiger partial charge in [-0.05, 0) is 43.5 Å². The predicted octanol–water partition coefficient (Wildman–Crippen LogP) is 1.40. The molecule has 1 N–H and O–H groups in total. The van der Waals surface area contributed by atoms with Crippen LogP contribution in [0.2, 0.25) is 0 Å². The van der Waals surface area contributed by atoms with Crippen LogP contribution < -0.4 is 10.1 Å². The SMILES string of the molecule is COc1ccc(CCNC2CCS(=O)(=O)CC2)cc1. The Bertz CT molecular complexity index is 482. The molecule has 1 aromatic carbocycles. The van der Waals surface area contributed by atoms with Crippen LogP contribution in [0.5, 0.6) is 5.75 Å². The van der Waals surface area contributed by atoms with Crippen molar-refractivity contribution in [3.05, 3.63) is 29.8 Å². The molecule has 1 aromatic rings. The summed E-state index contributed by atoms with van der Waals surface area (Å²) in [5.74, 6) is 1.52. The molecule has 1 heterocycles. The monoisotopic (exact) mass is 283 g/mol. The fourth-order valence-corrected chi connectivity index (χ4v) is 3.80. The number of hydrogen-bond donors (Lipinski definition) is 1. The lowest BCUT2D eigenvalue weighted by molar-refractivity contribution is 0.414. The second kappa shape index (κ2) is 6.39. The molecule has 2 rings (SSSR count). The van der Waals surface area contributed by atoms with Gasteiger partial charge < -0.3 is 10.1 Å². The van der Waals surface area contributed by atoms with Gasteiger partial charge in [-0.15, -0.1) is 0 Å². The molecule has 0 saturated carbocycles. The van der Waals surface area contributed by atoms with Crippen LogP contribution in [0, 0.1) is 0 Å². The standard InChI is InChI=1S/C14H21NO3S/c1-18-14-4-2-12(3-5-14)6-9-15-13-7-10-19(16,17)11-8-13/h2-5,13,15H,6-11H2,1H3. The zero-order valence-electron chi connectivity index (χ0n) is 11.3. The molecule has 1 aliphatic rings. The highest BCUT2D eigenvalue weighted by atomic mass is 32.2. The molecule has 0 bridgehead atoms. The van der Waals surface area contributed by atoms with Crippen LogP contribution >= 0.6 is 0 Å². The summed E-state index contributed by atoms with van der Waals surface area (Å²) in [6, 6.07) is 8.39. The van der Waals surface area contributed by atoms with Crippen LogP contribution in [0.25, 0.3) is 0 Å². The minimum atomic E-state index is -2.75. The van der Waals surface area contributed by atoms with Crippen molar-refractivity contribution < 1.29 is 13.2 Å². The maximum atomic E-state index is 11.3. The molecule has 5 heteroatoms. The van der Waals surface area contributed by atoms with Crippen molar-refractivity contribution in [3.63, 3.8) is 0 Å². The van der Waals surface area contributed by atoms with E-state index in [1.807, 2.05) is 12.1 Å². The van der Waals surface area contributed by atoms with Gasteiger partial charge >= 0.3 is 0 Å². The highest BCUT2D eigenvalue weighted by molar-refractivity contribution is 7.91. The van der Waals surface area contributed by atoms with E-state index in [-0.39, 0.29) is 0 Å². The largest absolute Gasteiger partial charge is 0.497 e. The van der Waals surface area contributed by atoms with Crippen molar-refractivity contribution in [2.45, 2.75) is 25.3 Å². The van der Waals surface area contributed by atoms with Crippen LogP contribution in [-0.2, 0) is 16.3 Å². The number of benzene rings is 1. The fraction of sp³-hybridized carbons (Fsp3) is 0.571. The molecule has 0 atom stereocenters. The van der Waals surface area contributed by atoms with Gasteiger partial charge in [0.15, 0.2) is 0 Å². The van der Waals surface area contributed by atoms with E-state index in [1.54, 1.807) is 7.11 Å². The second-order valence-corrected chi connectivity index (χ2v) is 7.28. The van der Waals surface area contributed by atoms with Crippen LogP contribution in [0.15, 0.2) is 24.3 Å². The minimum absolute atomic E-state index is 0.327. The van der Waals surface area contributed by atoms with Crippen molar-refractivity contribution in [2.75, 3.05) is 25.2 Å². The zero-order valence-corrected chi connectivity index (χ0v) is 12.1. The first-order valence-electron chi connectivity index (χ1n) is 6.66. The van der Waals surface area contributed by atoms with Gasteiger partial charge in [0.05, 0.1) is 18.6 Å². The van der Waals surface area contributed by atoms with Crippen molar-refractivity contribution in [1.29, 1.82) is 0 Å². The Hall–Kier alpha value is -1.07. The second-order valence-electron chi connectivity index (χ2n) is 4.98. The molecule has 0 aliphatic carbocycles. The van der Waals surface area contributed by atoms with Crippen LogP contribution in [0.4, 0.5) is 0 Å². The Kier molecular flexibility index (Phi) is 4.82. The van der Waals surface area contributed by atoms with Crippen LogP contribution in [0.3, 0.4) is 0 Å². The highest BCUT2D eigenvalue weighted by Gasteiger charge is 2.22. The Morgan fingerprint density at radius 3 is 2.42 bits per heavy atom. The van der Waals surface area contributed by atoms with Gasteiger partial charge in [0.2, 0.25) is 0 Å². The third-order valence-corrected chi connectivity index (χ3v) is 5.28. The molecule has 19 heavy (non-hydrogen) atoms. The predicted molar refractivity (Wildman–Crippen MR) is 76.4 cm³/mol. The molecular formula is C14H21NO3S. The van der Waals surface area contributed by atoms with Gasteiger partial charge in [-0.25, -0.2) is 8.42 Å². The van der Waals surface area contributed by atoms with E-state index in [0.717, 1.165) is 31.6 Å². The Balaban J connectivity index is 1.71. The lowest BCUT2D eigenvalue weighted by atomic mass is 10.1. The summed E-state index contributed by atoms with van der Waals surface area (Å²) in [6.45, 7) is 0.886. The molecule has 1 saturated heterocycles. The summed E-state index contributed by atoms with van der Waals surface area (Å²) in [4.78, 5) is 0. The summed E-state index contributed by atoms with van der Waals surface area (Å²) in [5.41, 5.74) is 1.26. The number of ether oxygens (including phenoxy) is 1. The molecule has 0 unspecified atom stereocenters. The fourth-order valence-electron chi connectivity index (χ4n) is 2.31. The molecule has 1 aliphatic heterocycles. The molecule has 0 amide bonds. The van der Waals surface area contributed by atoms with E-state index in [1.165, 1.54) is 5.56 Å². The van der Waals surface area contributed by atoms with E-state index in [0.29, 0.717) is 17.5 Å². The van der Waals surface area contributed by atoms with Crippen molar-refractivity contribution in [2.24, 2.45) is 0 Å². The number of hydrogen-bond acceptors (Lipinski definition) is 4. The summed E-state index contributed by atoms with van der Waals surface area (Å²) in [5, 5.41) is 3.44. The maximum Gasteiger partial charge on any atom is 0.150 e. The van der Waals surface area contributed by atoms with Crippen molar-refractivity contribution >= 4 is 9.84 Å². The van der Waals surface area contributed by atoms with Gasteiger partial charge in [0.1, 0.15) is 15.6 Å². The van der Waals surface area contributed by atoms with Gasteiger partial charge in [-0.2, -0.15) is 0 Å². The average Bonchev–Trinajstić information content (AvgIpc) is 2.41. The number of methoxy groups -OCH3 is 1. The summed E-state index contributed by atoms with van der Waals surface area (Å²) >= 11 is 0. The average molecular weight is 283 g/mol. The summed E-state index contributed by atoms with van der Waals surface area (Å²) in [6.07, 6.45) is 2.43. The lowest BCUT2D eigenvalue weighted by Crippen LogP contribution is -2.38. The zero-order chi connectivity index (χ0) is 13.7. The summed E-state index contributed by atoms with van der Waals surface area (Å²) < 4.78 is 27.7. The third-order valence-electron chi connectivity index (χ3n) is 3.56. The Morgan fingerprint density at radius 2 is 1.84 bits per heavy atom. The lowest BCUT2D eigenvalue weighted by Gasteiger charge is -2.23. The van der Waals surface area contributed by atoms with Crippen molar-refractivity contribution in [3.8, 4) is 5.75 Å². The molecular weight excluding hydrogens is 262 g/mol. The van der Waals surface area contributed by atoms with E-state index < -0.39 is 9.84 Å². The molecule has 0 radical (unpaired) electrons. The minimum Gasteiger partial charge on any atom is -0.497 e. The number of nitrogens with one attached hydrogen (secondary N) is 1. The molecule has 0 aromatic heterocycles.